The van der Waals surface area contributed by atoms with Gasteiger partial charge in [-0.1, -0.05) is 25.7 Å². The fraction of sp³-hybridized carbons (Fsp3) is 0.941. The lowest BCUT2D eigenvalue weighted by molar-refractivity contribution is -0.153. The van der Waals surface area contributed by atoms with E-state index in [2.05, 4.69) is 5.32 Å². The molecular weight excluding hydrogens is 330 g/mol. The van der Waals surface area contributed by atoms with Gasteiger partial charge in [0.2, 0.25) is 0 Å². The maximum Gasteiger partial charge on any atom is 0.320 e. The second-order valence-corrected chi connectivity index (χ2v) is 9.40. The molecule has 1 fully saturated rings. The topological polar surface area (TPSA) is 81.7 Å². The maximum atomic E-state index is 11.6. The molecule has 0 spiro atoms. The number of nitrogens with one attached hydrogen (secondary N) is 1. The second kappa shape index (κ2) is 9.73. The minimum Gasteiger partial charge on any atom is -0.459 e. The average Bonchev–Trinajstić information content (AvgIpc) is 2.42. The molecule has 0 unspecified atom stereocenters. The molecule has 1 saturated carbocycles. The van der Waals surface area contributed by atoms with Crippen LogP contribution in [0.3, 0.4) is 0 Å². The molecule has 0 amide bonds. The maximum absolute atomic E-state index is 11.6. The van der Waals surface area contributed by atoms with E-state index in [1.807, 2.05) is 20.8 Å². The van der Waals surface area contributed by atoms with Gasteiger partial charge in [0.25, 0.3) is 10.1 Å². The predicted molar refractivity (Wildman–Crippen MR) is 94.2 cm³/mol. The Morgan fingerprint density at radius 3 is 2.12 bits per heavy atom. The Morgan fingerprint density at radius 2 is 1.62 bits per heavy atom. The summed E-state index contributed by atoms with van der Waals surface area (Å²) in [6.45, 7) is 6.98. The summed E-state index contributed by atoms with van der Waals surface area (Å²) < 4.78 is 31.9. The molecule has 1 rings (SSSR count). The van der Waals surface area contributed by atoms with E-state index in [-0.39, 0.29) is 12.5 Å². The molecule has 0 aromatic rings. The largest absolute Gasteiger partial charge is 0.459 e. The summed E-state index contributed by atoms with van der Waals surface area (Å²) in [6.07, 6.45) is 7.56. The molecule has 0 radical (unpaired) electrons. The molecule has 142 valence electrons. The van der Waals surface area contributed by atoms with Crippen molar-refractivity contribution in [1.29, 1.82) is 0 Å². The van der Waals surface area contributed by atoms with E-state index in [9.17, 15) is 13.2 Å². The first kappa shape index (κ1) is 21.4. The zero-order valence-corrected chi connectivity index (χ0v) is 16.3. The number of ether oxygens (including phenoxy) is 1. The van der Waals surface area contributed by atoms with Gasteiger partial charge in [-0.2, -0.15) is 8.42 Å². The van der Waals surface area contributed by atoms with Gasteiger partial charge in [0, 0.05) is 0 Å². The van der Waals surface area contributed by atoms with E-state index >= 15 is 0 Å². The Balaban J connectivity index is 2.07. The summed E-state index contributed by atoms with van der Waals surface area (Å²) >= 11 is 0. The zero-order valence-electron chi connectivity index (χ0n) is 15.5. The Hall–Kier alpha value is -0.660. The fourth-order valence-corrected chi connectivity index (χ4v) is 3.45. The number of hydrogen-bond acceptors (Lipinski definition) is 6. The number of esters is 1. The van der Waals surface area contributed by atoms with Crippen molar-refractivity contribution < 1.29 is 22.1 Å². The lowest BCUT2D eigenvalue weighted by Crippen LogP contribution is -2.32. The van der Waals surface area contributed by atoms with Crippen molar-refractivity contribution in [3.05, 3.63) is 0 Å². The average molecular weight is 364 g/mol. The minimum absolute atomic E-state index is 0.211. The van der Waals surface area contributed by atoms with Crippen molar-refractivity contribution >= 4 is 16.1 Å². The highest BCUT2D eigenvalue weighted by molar-refractivity contribution is 7.85. The van der Waals surface area contributed by atoms with Crippen LogP contribution in [0.4, 0.5) is 0 Å². The first-order valence-corrected chi connectivity index (χ1v) is 10.6. The van der Waals surface area contributed by atoms with Crippen molar-refractivity contribution in [2.45, 2.75) is 64.9 Å². The number of carbonyl (C=O) groups is 1. The fourth-order valence-electron chi connectivity index (χ4n) is 3.05. The van der Waals surface area contributed by atoms with Crippen LogP contribution in [0.5, 0.6) is 0 Å². The van der Waals surface area contributed by atoms with E-state index in [1.54, 1.807) is 0 Å². The van der Waals surface area contributed by atoms with Gasteiger partial charge < -0.3 is 10.1 Å². The van der Waals surface area contributed by atoms with Gasteiger partial charge in [-0.05, 0) is 52.0 Å². The van der Waals surface area contributed by atoms with Crippen molar-refractivity contribution in [2.75, 3.05) is 26.0 Å². The first-order chi connectivity index (χ1) is 11.1. The third kappa shape index (κ3) is 11.0. The minimum atomic E-state index is -3.32. The normalized spacial score (nSPS) is 22.3. The molecule has 7 heteroatoms. The molecule has 0 bridgehead atoms. The van der Waals surface area contributed by atoms with Crippen LogP contribution in [0, 0.1) is 11.8 Å². The van der Waals surface area contributed by atoms with Crippen molar-refractivity contribution in [2.24, 2.45) is 11.8 Å². The van der Waals surface area contributed by atoms with Gasteiger partial charge in [0.15, 0.2) is 0 Å². The number of carbonyl (C=O) groups excluding carboxylic acids is 1. The van der Waals surface area contributed by atoms with Crippen LogP contribution in [0.25, 0.3) is 0 Å². The molecule has 0 aromatic carbocycles. The summed E-state index contributed by atoms with van der Waals surface area (Å²) in [5, 5.41) is 3.16. The summed E-state index contributed by atoms with van der Waals surface area (Å²) in [5.74, 6) is 1.04. The molecule has 1 N–H and O–H groups in total. The Labute approximate surface area is 146 Å². The zero-order chi connectivity index (χ0) is 18.2. The second-order valence-electron chi connectivity index (χ2n) is 7.75. The highest BCUT2D eigenvalue weighted by Crippen LogP contribution is 2.32. The molecule has 1 aliphatic rings. The Kier molecular flexibility index (Phi) is 8.67. The third-order valence-corrected chi connectivity index (χ3v) is 4.80. The molecule has 0 saturated heterocycles. The molecule has 0 aliphatic heterocycles. The third-order valence-electron chi connectivity index (χ3n) is 4.21. The smallest absolute Gasteiger partial charge is 0.320 e. The van der Waals surface area contributed by atoms with E-state index in [1.165, 1.54) is 0 Å². The highest BCUT2D eigenvalue weighted by Gasteiger charge is 2.21. The molecule has 0 aromatic heterocycles. The predicted octanol–water partition coefficient (Wildman–Crippen LogP) is 2.48. The van der Waals surface area contributed by atoms with Crippen LogP contribution in [-0.2, 0) is 23.8 Å². The van der Waals surface area contributed by atoms with Gasteiger partial charge in [-0.15, -0.1) is 0 Å². The standard InChI is InChI=1S/C17H33NO5S/c1-17(2,3)23-16(19)13-18-11-9-14-5-7-15(8-6-14)10-12-22-24(4,20)21/h14-15,18H,5-13H2,1-4H3/t14-,15-. The Morgan fingerprint density at radius 1 is 1.08 bits per heavy atom. The van der Waals surface area contributed by atoms with Crippen molar-refractivity contribution in [3.8, 4) is 0 Å². The summed E-state index contributed by atoms with van der Waals surface area (Å²) in [7, 11) is -3.32. The van der Waals surface area contributed by atoms with Crippen LogP contribution in [0.15, 0.2) is 0 Å². The van der Waals surface area contributed by atoms with Gasteiger partial charge in [0.1, 0.15) is 5.60 Å². The van der Waals surface area contributed by atoms with E-state index in [0.29, 0.717) is 18.4 Å². The molecular formula is C17H33NO5S. The highest BCUT2D eigenvalue weighted by atomic mass is 32.2. The summed E-state index contributed by atoms with van der Waals surface area (Å²) in [4.78, 5) is 11.6. The number of rotatable bonds is 9. The SMILES string of the molecule is CC(C)(C)OC(=O)CNCC[C@H]1CC[C@H](CCOS(C)(=O)=O)CC1. The van der Waals surface area contributed by atoms with E-state index in [0.717, 1.165) is 51.3 Å². The van der Waals surface area contributed by atoms with Gasteiger partial charge in [0.05, 0.1) is 19.4 Å². The van der Waals surface area contributed by atoms with Crippen molar-refractivity contribution in [3.63, 3.8) is 0 Å². The van der Waals surface area contributed by atoms with Gasteiger partial charge in [-0.25, -0.2) is 0 Å². The van der Waals surface area contributed by atoms with E-state index in [4.69, 9.17) is 8.92 Å². The monoisotopic (exact) mass is 363 g/mol. The molecule has 0 heterocycles. The first-order valence-electron chi connectivity index (χ1n) is 8.82. The van der Waals surface area contributed by atoms with Crippen molar-refractivity contribution in [1.82, 2.24) is 5.32 Å². The molecule has 1 aliphatic carbocycles. The van der Waals surface area contributed by atoms with E-state index < -0.39 is 15.7 Å². The van der Waals surface area contributed by atoms with Gasteiger partial charge in [-0.3, -0.25) is 8.98 Å². The quantitative estimate of drug-likeness (QED) is 0.385. The van der Waals surface area contributed by atoms with Crippen LogP contribution in [-0.4, -0.2) is 45.9 Å². The molecule has 24 heavy (non-hydrogen) atoms. The lowest BCUT2D eigenvalue weighted by atomic mass is 9.79. The van der Waals surface area contributed by atoms with Crippen LogP contribution < -0.4 is 5.32 Å². The molecule has 0 atom stereocenters. The van der Waals surface area contributed by atoms with Crippen LogP contribution in [0.1, 0.15) is 59.3 Å². The lowest BCUT2D eigenvalue weighted by Gasteiger charge is -2.28. The molecule has 6 nitrogen and oxygen atoms in total. The van der Waals surface area contributed by atoms with Crippen LogP contribution >= 0.6 is 0 Å². The number of hydrogen-bond donors (Lipinski definition) is 1. The Bertz CT molecular complexity index is 476. The summed E-state index contributed by atoms with van der Waals surface area (Å²) in [5.41, 5.74) is -0.433. The van der Waals surface area contributed by atoms with Gasteiger partial charge >= 0.3 is 5.97 Å². The summed E-state index contributed by atoms with van der Waals surface area (Å²) in [6, 6.07) is 0. The van der Waals surface area contributed by atoms with Crippen LogP contribution in [0.2, 0.25) is 0 Å².